The van der Waals surface area contributed by atoms with Gasteiger partial charge in [0, 0.05) is 6.04 Å². The molecular weight excluding hydrogens is 208 g/mol. The molecule has 1 atom stereocenters. The van der Waals surface area contributed by atoms with Crippen LogP contribution in [0.3, 0.4) is 0 Å². The molecule has 0 spiro atoms. The maximum atomic E-state index is 3.53. The van der Waals surface area contributed by atoms with Gasteiger partial charge in [-0.15, -0.1) is 0 Å². The maximum Gasteiger partial charge on any atom is 0.00506 e. The highest BCUT2D eigenvalue weighted by Crippen LogP contribution is 2.08. The first-order chi connectivity index (χ1) is 8.16. The van der Waals surface area contributed by atoms with E-state index in [1.807, 2.05) is 0 Å². The Morgan fingerprint density at radius 2 is 1.53 bits per heavy atom. The number of hydrogen-bond acceptors (Lipinski definition) is 2. The van der Waals surface area contributed by atoms with E-state index in [-0.39, 0.29) is 0 Å². The lowest BCUT2D eigenvalue weighted by atomic mass is 10.0. The Bertz CT molecular complexity index is 146. The van der Waals surface area contributed by atoms with Gasteiger partial charge in [-0.05, 0) is 45.3 Å². The van der Waals surface area contributed by atoms with Crippen LogP contribution in [0.2, 0.25) is 0 Å². The van der Waals surface area contributed by atoms with Crippen LogP contribution in [-0.4, -0.2) is 25.7 Å². The van der Waals surface area contributed by atoms with Gasteiger partial charge < -0.3 is 10.6 Å². The zero-order valence-electron chi connectivity index (χ0n) is 12.5. The molecule has 0 aliphatic heterocycles. The molecule has 0 saturated carbocycles. The first-order valence-corrected chi connectivity index (χ1v) is 7.60. The van der Waals surface area contributed by atoms with Gasteiger partial charge in [0.05, 0.1) is 0 Å². The minimum atomic E-state index is 0.651. The van der Waals surface area contributed by atoms with E-state index in [0.29, 0.717) is 6.04 Å². The molecule has 2 N–H and O–H groups in total. The molecule has 104 valence electrons. The first kappa shape index (κ1) is 16.9. The van der Waals surface area contributed by atoms with Gasteiger partial charge in [-0.2, -0.15) is 0 Å². The van der Waals surface area contributed by atoms with E-state index < -0.39 is 0 Å². The second-order valence-corrected chi connectivity index (χ2v) is 5.59. The van der Waals surface area contributed by atoms with Gasteiger partial charge in [-0.25, -0.2) is 0 Å². The van der Waals surface area contributed by atoms with Crippen molar-refractivity contribution >= 4 is 0 Å². The van der Waals surface area contributed by atoms with Crippen molar-refractivity contribution in [2.24, 2.45) is 5.92 Å². The Morgan fingerprint density at radius 1 is 0.824 bits per heavy atom. The topological polar surface area (TPSA) is 24.1 Å². The van der Waals surface area contributed by atoms with E-state index in [4.69, 9.17) is 0 Å². The monoisotopic (exact) mass is 242 g/mol. The summed E-state index contributed by atoms with van der Waals surface area (Å²) in [6, 6.07) is 0.651. The Labute approximate surface area is 109 Å². The molecule has 0 bridgehead atoms. The van der Waals surface area contributed by atoms with E-state index in [9.17, 15) is 0 Å². The number of unbranched alkanes of at least 4 members (excludes halogenated alkanes) is 3. The van der Waals surface area contributed by atoms with Gasteiger partial charge >= 0.3 is 0 Å². The van der Waals surface area contributed by atoms with Gasteiger partial charge in [0.2, 0.25) is 0 Å². The predicted octanol–water partition coefficient (Wildman–Crippen LogP) is 3.57. The van der Waals surface area contributed by atoms with Crippen molar-refractivity contribution in [3.8, 4) is 0 Å². The first-order valence-electron chi connectivity index (χ1n) is 7.60. The zero-order chi connectivity index (χ0) is 12.9. The third-order valence-corrected chi connectivity index (χ3v) is 3.19. The van der Waals surface area contributed by atoms with Crippen LogP contribution >= 0.6 is 0 Å². The largest absolute Gasteiger partial charge is 0.317 e. The Kier molecular flexibility index (Phi) is 12.3. The van der Waals surface area contributed by atoms with Crippen LogP contribution in [-0.2, 0) is 0 Å². The van der Waals surface area contributed by atoms with Crippen molar-refractivity contribution < 1.29 is 0 Å². The molecule has 1 unspecified atom stereocenters. The Morgan fingerprint density at radius 3 is 2.18 bits per heavy atom. The lowest BCUT2D eigenvalue weighted by Gasteiger charge is -2.12. The molecule has 0 amide bonds. The number of hydrogen-bond donors (Lipinski definition) is 2. The van der Waals surface area contributed by atoms with E-state index in [0.717, 1.165) is 19.0 Å². The van der Waals surface area contributed by atoms with Crippen LogP contribution in [0, 0.1) is 5.92 Å². The number of nitrogens with one attached hydrogen (secondary N) is 2. The standard InChI is InChI=1S/C15H34N2/c1-5-17-15(4)11-13-16-12-9-7-6-8-10-14(2)3/h14-17H,5-13H2,1-4H3. The second kappa shape index (κ2) is 12.4. The average molecular weight is 242 g/mol. The summed E-state index contributed by atoms with van der Waals surface area (Å²) in [5.74, 6) is 0.876. The lowest BCUT2D eigenvalue weighted by Crippen LogP contribution is -2.30. The molecule has 0 radical (unpaired) electrons. The normalized spacial score (nSPS) is 13.2. The molecular formula is C15H34N2. The van der Waals surface area contributed by atoms with Crippen molar-refractivity contribution in [1.82, 2.24) is 10.6 Å². The summed E-state index contributed by atoms with van der Waals surface area (Å²) >= 11 is 0. The van der Waals surface area contributed by atoms with Crippen molar-refractivity contribution in [3.05, 3.63) is 0 Å². The van der Waals surface area contributed by atoms with Crippen LogP contribution < -0.4 is 10.6 Å². The third kappa shape index (κ3) is 13.9. The lowest BCUT2D eigenvalue weighted by molar-refractivity contribution is 0.488. The maximum absolute atomic E-state index is 3.53. The smallest absolute Gasteiger partial charge is 0.00506 e. The highest BCUT2D eigenvalue weighted by atomic mass is 14.9. The minimum Gasteiger partial charge on any atom is -0.317 e. The molecule has 0 aromatic rings. The fraction of sp³-hybridized carbons (Fsp3) is 1.00. The molecule has 17 heavy (non-hydrogen) atoms. The second-order valence-electron chi connectivity index (χ2n) is 5.59. The Hall–Kier alpha value is -0.0800. The number of rotatable bonds is 12. The molecule has 0 saturated heterocycles. The zero-order valence-corrected chi connectivity index (χ0v) is 12.5. The summed E-state index contributed by atoms with van der Waals surface area (Å²) in [4.78, 5) is 0. The van der Waals surface area contributed by atoms with Gasteiger partial charge in [-0.3, -0.25) is 0 Å². The molecule has 0 aromatic carbocycles. The van der Waals surface area contributed by atoms with Crippen molar-refractivity contribution in [1.29, 1.82) is 0 Å². The van der Waals surface area contributed by atoms with Crippen molar-refractivity contribution in [2.45, 2.75) is 72.3 Å². The quantitative estimate of drug-likeness (QED) is 0.511. The molecule has 2 nitrogen and oxygen atoms in total. The molecule has 0 rings (SSSR count). The van der Waals surface area contributed by atoms with E-state index >= 15 is 0 Å². The fourth-order valence-corrected chi connectivity index (χ4v) is 2.05. The van der Waals surface area contributed by atoms with Crippen LogP contribution in [0.25, 0.3) is 0 Å². The molecule has 2 heteroatoms. The summed E-state index contributed by atoms with van der Waals surface area (Å²) < 4.78 is 0. The molecule has 0 aromatic heterocycles. The highest BCUT2D eigenvalue weighted by molar-refractivity contribution is 4.61. The van der Waals surface area contributed by atoms with Crippen LogP contribution in [0.1, 0.15) is 66.2 Å². The SMILES string of the molecule is CCNC(C)CCNCCCCCCC(C)C. The predicted molar refractivity (Wildman–Crippen MR) is 78.5 cm³/mol. The summed E-state index contributed by atoms with van der Waals surface area (Å²) in [6.45, 7) is 12.5. The third-order valence-electron chi connectivity index (χ3n) is 3.19. The summed E-state index contributed by atoms with van der Waals surface area (Å²) in [5, 5.41) is 6.97. The summed E-state index contributed by atoms with van der Waals surface area (Å²) in [6.07, 6.45) is 8.19. The Balaban J connectivity index is 3.03. The average Bonchev–Trinajstić information content (AvgIpc) is 2.27. The van der Waals surface area contributed by atoms with Gasteiger partial charge in [0.1, 0.15) is 0 Å². The molecule has 0 heterocycles. The van der Waals surface area contributed by atoms with E-state index in [1.54, 1.807) is 0 Å². The van der Waals surface area contributed by atoms with Gasteiger partial charge in [0.15, 0.2) is 0 Å². The molecule has 0 fully saturated rings. The van der Waals surface area contributed by atoms with Crippen LogP contribution in [0.15, 0.2) is 0 Å². The van der Waals surface area contributed by atoms with Crippen molar-refractivity contribution in [2.75, 3.05) is 19.6 Å². The summed E-state index contributed by atoms with van der Waals surface area (Å²) in [7, 11) is 0. The van der Waals surface area contributed by atoms with Crippen LogP contribution in [0.5, 0.6) is 0 Å². The van der Waals surface area contributed by atoms with E-state index in [2.05, 4.69) is 38.3 Å². The fourth-order valence-electron chi connectivity index (χ4n) is 2.05. The summed E-state index contributed by atoms with van der Waals surface area (Å²) in [5.41, 5.74) is 0. The molecule has 0 aliphatic rings. The van der Waals surface area contributed by atoms with Gasteiger partial charge in [0.25, 0.3) is 0 Å². The molecule has 0 aliphatic carbocycles. The van der Waals surface area contributed by atoms with Crippen molar-refractivity contribution in [3.63, 3.8) is 0 Å². The van der Waals surface area contributed by atoms with E-state index in [1.165, 1.54) is 45.1 Å². The van der Waals surface area contributed by atoms with Crippen LogP contribution in [0.4, 0.5) is 0 Å². The van der Waals surface area contributed by atoms with Gasteiger partial charge in [-0.1, -0.05) is 46.5 Å². The highest BCUT2D eigenvalue weighted by Gasteiger charge is 1.98. The minimum absolute atomic E-state index is 0.651.